The maximum Gasteiger partial charge on any atom is 0.220 e. The van der Waals surface area contributed by atoms with E-state index in [1.165, 1.54) is 19.3 Å². The molecule has 0 rings (SSSR count). The lowest BCUT2D eigenvalue weighted by Crippen LogP contribution is -2.36. The monoisotopic (exact) mass is 349 g/mol. The van der Waals surface area contributed by atoms with Crippen molar-refractivity contribution in [3.8, 4) is 0 Å². The third-order valence-electron chi connectivity index (χ3n) is 4.13. The quantitative estimate of drug-likeness (QED) is 0.287. The minimum absolute atomic E-state index is 0.0292. The van der Waals surface area contributed by atoms with Crippen molar-refractivity contribution in [2.45, 2.75) is 90.5 Å². The fraction of sp³-hybridized carbons (Fsp3) is 0.682. The van der Waals surface area contributed by atoms with Crippen molar-refractivity contribution in [2.75, 3.05) is 6.61 Å². The number of carbonyl (C=O) groups excluding carboxylic acids is 1. The highest BCUT2D eigenvalue weighted by Gasteiger charge is 2.08. The lowest BCUT2D eigenvalue weighted by Gasteiger charge is -2.13. The minimum Gasteiger partial charge on any atom is -0.394 e. The van der Waals surface area contributed by atoms with Crippen molar-refractivity contribution in [1.29, 1.82) is 0 Å². The number of carbonyl (C=O) groups is 1. The normalized spacial score (nSPS) is 13.2. The van der Waals surface area contributed by atoms with Crippen LogP contribution in [0.2, 0.25) is 0 Å². The summed E-state index contributed by atoms with van der Waals surface area (Å²) in [6, 6.07) is -0.0815. The van der Waals surface area contributed by atoms with Gasteiger partial charge in [-0.15, -0.1) is 0 Å². The summed E-state index contributed by atoms with van der Waals surface area (Å²) in [6.07, 6.45) is 24.8. The Bertz CT molecular complexity index is 381. The average Bonchev–Trinajstić information content (AvgIpc) is 2.62. The van der Waals surface area contributed by atoms with Crippen LogP contribution in [-0.2, 0) is 4.79 Å². The Labute approximate surface area is 155 Å². The largest absolute Gasteiger partial charge is 0.394 e. The summed E-state index contributed by atoms with van der Waals surface area (Å²) in [5.41, 5.74) is 0. The van der Waals surface area contributed by atoms with E-state index in [0.717, 1.165) is 44.9 Å². The molecule has 0 bridgehead atoms. The first-order chi connectivity index (χ1) is 12.2. The molecule has 1 amide bonds. The first kappa shape index (κ1) is 23.6. The maximum atomic E-state index is 11.7. The number of nitrogens with one attached hydrogen (secondary N) is 1. The predicted molar refractivity (Wildman–Crippen MR) is 109 cm³/mol. The second-order valence-electron chi connectivity index (χ2n) is 6.46. The fourth-order valence-corrected chi connectivity index (χ4v) is 2.48. The zero-order valence-corrected chi connectivity index (χ0v) is 16.4. The fourth-order valence-electron chi connectivity index (χ4n) is 2.48. The molecule has 0 aliphatic rings. The Kier molecular flexibility index (Phi) is 18.0. The molecule has 0 saturated carbocycles. The van der Waals surface area contributed by atoms with E-state index < -0.39 is 0 Å². The lowest BCUT2D eigenvalue weighted by atomic mass is 10.1. The van der Waals surface area contributed by atoms with Gasteiger partial charge < -0.3 is 10.4 Å². The van der Waals surface area contributed by atoms with Crippen molar-refractivity contribution in [1.82, 2.24) is 5.32 Å². The van der Waals surface area contributed by atoms with E-state index in [-0.39, 0.29) is 18.6 Å². The molecule has 0 aliphatic carbocycles. The highest BCUT2D eigenvalue weighted by molar-refractivity contribution is 5.76. The van der Waals surface area contributed by atoms with E-state index in [1.54, 1.807) is 0 Å². The molecule has 2 N–H and O–H groups in total. The highest BCUT2D eigenvalue weighted by atomic mass is 16.3. The molecular formula is C22H39NO2. The molecule has 25 heavy (non-hydrogen) atoms. The summed E-state index contributed by atoms with van der Waals surface area (Å²) < 4.78 is 0. The van der Waals surface area contributed by atoms with E-state index in [9.17, 15) is 4.79 Å². The Hall–Kier alpha value is -1.35. The first-order valence-corrected chi connectivity index (χ1v) is 10.1. The van der Waals surface area contributed by atoms with Crippen LogP contribution in [0.4, 0.5) is 0 Å². The predicted octanol–water partition coefficient (Wildman–Crippen LogP) is 5.46. The number of hydrogen-bond acceptors (Lipinski definition) is 2. The van der Waals surface area contributed by atoms with Gasteiger partial charge in [0.25, 0.3) is 0 Å². The van der Waals surface area contributed by atoms with Gasteiger partial charge in [0.05, 0.1) is 12.6 Å². The summed E-state index contributed by atoms with van der Waals surface area (Å²) in [7, 11) is 0. The van der Waals surface area contributed by atoms with Gasteiger partial charge in [-0.1, -0.05) is 69.6 Å². The highest BCUT2D eigenvalue weighted by Crippen LogP contribution is 2.08. The van der Waals surface area contributed by atoms with Crippen molar-refractivity contribution in [2.24, 2.45) is 0 Å². The molecule has 0 aromatic carbocycles. The van der Waals surface area contributed by atoms with E-state index >= 15 is 0 Å². The van der Waals surface area contributed by atoms with Gasteiger partial charge >= 0.3 is 0 Å². The zero-order valence-electron chi connectivity index (χ0n) is 16.4. The Balaban J connectivity index is 3.39. The van der Waals surface area contributed by atoms with Crippen molar-refractivity contribution >= 4 is 5.91 Å². The summed E-state index contributed by atoms with van der Waals surface area (Å²) in [4.78, 5) is 11.7. The second kappa shape index (κ2) is 19.0. The molecule has 0 spiro atoms. The smallest absolute Gasteiger partial charge is 0.220 e. The van der Waals surface area contributed by atoms with Crippen LogP contribution in [0.3, 0.4) is 0 Å². The van der Waals surface area contributed by atoms with Gasteiger partial charge in [0, 0.05) is 6.42 Å². The SMILES string of the molecule is CC/C=C\C/C=C\C/C=C\CCCCCCCC(=O)N[C@H](CC)CO. The molecule has 1 atom stereocenters. The second-order valence-corrected chi connectivity index (χ2v) is 6.46. The number of rotatable bonds is 16. The minimum atomic E-state index is -0.0815. The van der Waals surface area contributed by atoms with Crippen molar-refractivity contribution < 1.29 is 9.90 Å². The summed E-state index contributed by atoms with van der Waals surface area (Å²) in [5, 5.41) is 11.9. The molecule has 0 aromatic rings. The standard InChI is InChI=1S/C22H39NO2/c1-3-5-6-7-8-9-10-11-12-13-14-15-16-17-18-19-22(25)23-21(4-2)20-24/h5-6,8-9,11-12,21,24H,3-4,7,10,13-20H2,1-2H3,(H,23,25)/b6-5-,9-8-,12-11-/t21-/m1/s1. The van der Waals surface area contributed by atoms with Crippen LogP contribution in [0, 0.1) is 0 Å². The van der Waals surface area contributed by atoms with Gasteiger partial charge in [0.15, 0.2) is 0 Å². The molecule has 0 saturated heterocycles. The van der Waals surface area contributed by atoms with Crippen LogP contribution in [0.15, 0.2) is 36.5 Å². The number of allylic oxidation sites excluding steroid dienone is 6. The number of aliphatic hydroxyl groups excluding tert-OH is 1. The lowest BCUT2D eigenvalue weighted by molar-refractivity contribution is -0.122. The van der Waals surface area contributed by atoms with Crippen LogP contribution >= 0.6 is 0 Å². The van der Waals surface area contributed by atoms with Gasteiger partial charge in [-0.05, 0) is 44.9 Å². The number of unbranched alkanes of at least 4 members (excludes halogenated alkanes) is 5. The van der Waals surface area contributed by atoms with Crippen LogP contribution in [0.1, 0.15) is 84.5 Å². The average molecular weight is 350 g/mol. The Morgan fingerprint density at radius 1 is 0.880 bits per heavy atom. The summed E-state index contributed by atoms with van der Waals surface area (Å²) >= 11 is 0. The summed E-state index contributed by atoms with van der Waals surface area (Å²) in [5.74, 6) is 0.0714. The van der Waals surface area contributed by atoms with E-state index in [0.29, 0.717) is 6.42 Å². The molecule has 144 valence electrons. The van der Waals surface area contributed by atoms with Gasteiger partial charge in [-0.25, -0.2) is 0 Å². The molecule has 0 unspecified atom stereocenters. The van der Waals surface area contributed by atoms with Crippen LogP contribution in [-0.4, -0.2) is 23.7 Å². The third-order valence-corrected chi connectivity index (χ3v) is 4.13. The zero-order chi connectivity index (χ0) is 18.6. The maximum absolute atomic E-state index is 11.7. The molecule has 0 heterocycles. The van der Waals surface area contributed by atoms with Gasteiger partial charge in [0.2, 0.25) is 5.91 Å². The van der Waals surface area contributed by atoms with Crippen molar-refractivity contribution in [3.63, 3.8) is 0 Å². The van der Waals surface area contributed by atoms with E-state index in [4.69, 9.17) is 5.11 Å². The Morgan fingerprint density at radius 3 is 2.12 bits per heavy atom. The number of hydrogen-bond donors (Lipinski definition) is 2. The molecule has 0 aliphatic heterocycles. The van der Waals surface area contributed by atoms with E-state index in [2.05, 4.69) is 48.7 Å². The molecular weight excluding hydrogens is 310 g/mol. The van der Waals surface area contributed by atoms with Gasteiger partial charge in [0.1, 0.15) is 0 Å². The van der Waals surface area contributed by atoms with Crippen LogP contribution in [0.5, 0.6) is 0 Å². The van der Waals surface area contributed by atoms with Crippen LogP contribution < -0.4 is 5.32 Å². The van der Waals surface area contributed by atoms with Crippen molar-refractivity contribution in [3.05, 3.63) is 36.5 Å². The number of aliphatic hydroxyl groups is 1. The Morgan fingerprint density at radius 2 is 1.48 bits per heavy atom. The third kappa shape index (κ3) is 17.3. The molecule has 0 fully saturated rings. The number of amides is 1. The molecule has 3 heteroatoms. The topological polar surface area (TPSA) is 49.3 Å². The first-order valence-electron chi connectivity index (χ1n) is 10.1. The molecule has 0 radical (unpaired) electrons. The van der Waals surface area contributed by atoms with Crippen LogP contribution in [0.25, 0.3) is 0 Å². The summed E-state index contributed by atoms with van der Waals surface area (Å²) in [6.45, 7) is 4.15. The van der Waals surface area contributed by atoms with E-state index in [1.807, 2.05) is 6.92 Å². The molecule has 3 nitrogen and oxygen atoms in total. The molecule has 0 aromatic heterocycles. The van der Waals surface area contributed by atoms with Gasteiger partial charge in [-0.2, -0.15) is 0 Å². The van der Waals surface area contributed by atoms with Gasteiger partial charge in [-0.3, -0.25) is 4.79 Å².